The first-order valence-electron chi connectivity index (χ1n) is 4.13. The fraction of sp³-hybridized carbons (Fsp3) is 1.00. The minimum absolute atomic E-state index is 0.0713. The second-order valence-electron chi connectivity index (χ2n) is 3.64. The Kier molecular flexibility index (Phi) is 2.87. The predicted molar refractivity (Wildman–Crippen MR) is 43.5 cm³/mol. The summed E-state index contributed by atoms with van der Waals surface area (Å²) in [6.07, 6.45) is 0.917. The van der Waals surface area contributed by atoms with Gasteiger partial charge in [-0.25, -0.2) is 0 Å². The van der Waals surface area contributed by atoms with Crippen LogP contribution in [0.15, 0.2) is 0 Å². The summed E-state index contributed by atoms with van der Waals surface area (Å²) >= 11 is 0. The van der Waals surface area contributed by atoms with Crippen LogP contribution in [0.3, 0.4) is 0 Å². The fourth-order valence-corrected chi connectivity index (χ4v) is 1.37. The zero-order chi connectivity index (χ0) is 8.32. The molecule has 0 saturated carbocycles. The maximum atomic E-state index is 8.68. The summed E-state index contributed by atoms with van der Waals surface area (Å²) < 4.78 is 5.69. The van der Waals surface area contributed by atoms with E-state index in [4.69, 9.17) is 9.84 Å². The fourth-order valence-electron chi connectivity index (χ4n) is 1.37. The van der Waals surface area contributed by atoms with Crippen molar-refractivity contribution in [2.45, 2.75) is 32.0 Å². The number of hydrogen-bond acceptors (Lipinski definition) is 3. The zero-order valence-corrected chi connectivity index (χ0v) is 7.26. The number of aliphatic hydroxyl groups excluding tert-OH is 1. The quantitative estimate of drug-likeness (QED) is 0.602. The maximum Gasteiger partial charge on any atom is 0.0754 e. The van der Waals surface area contributed by atoms with Crippen LogP contribution in [0.5, 0.6) is 0 Å². The molecule has 0 aromatic carbocycles. The van der Waals surface area contributed by atoms with Crippen molar-refractivity contribution < 1.29 is 9.84 Å². The third-order valence-corrected chi connectivity index (χ3v) is 1.86. The summed E-state index contributed by atoms with van der Waals surface area (Å²) in [5, 5.41) is 12.0. The highest BCUT2D eigenvalue weighted by atomic mass is 16.5. The number of hydrogen-bond donors (Lipinski definition) is 2. The first-order valence-corrected chi connectivity index (χ1v) is 4.13. The molecule has 1 saturated heterocycles. The summed E-state index contributed by atoms with van der Waals surface area (Å²) in [4.78, 5) is 0. The van der Waals surface area contributed by atoms with Gasteiger partial charge < -0.3 is 15.2 Å². The van der Waals surface area contributed by atoms with Crippen LogP contribution >= 0.6 is 0 Å². The molecule has 0 bridgehead atoms. The largest absolute Gasteiger partial charge is 0.396 e. The van der Waals surface area contributed by atoms with Crippen molar-refractivity contribution in [3.8, 4) is 0 Å². The molecule has 3 nitrogen and oxygen atoms in total. The SMILES string of the molecule is CC1(C)CNCC(CCO)O1. The molecule has 0 aliphatic carbocycles. The van der Waals surface area contributed by atoms with Crippen LogP contribution < -0.4 is 5.32 Å². The second kappa shape index (κ2) is 3.52. The number of ether oxygens (including phenoxy) is 1. The summed E-state index contributed by atoms with van der Waals surface area (Å²) in [6.45, 7) is 6.09. The Bertz CT molecular complexity index is 123. The zero-order valence-electron chi connectivity index (χ0n) is 7.26. The van der Waals surface area contributed by atoms with Crippen LogP contribution in [-0.2, 0) is 4.74 Å². The van der Waals surface area contributed by atoms with E-state index >= 15 is 0 Å². The van der Waals surface area contributed by atoms with E-state index < -0.39 is 0 Å². The first kappa shape index (κ1) is 8.97. The van der Waals surface area contributed by atoms with E-state index in [1.165, 1.54) is 0 Å². The van der Waals surface area contributed by atoms with Crippen LogP contribution in [0.4, 0.5) is 0 Å². The van der Waals surface area contributed by atoms with Crippen LogP contribution in [0, 0.1) is 0 Å². The van der Waals surface area contributed by atoms with Gasteiger partial charge in [0, 0.05) is 19.7 Å². The Balaban J connectivity index is 2.34. The van der Waals surface area contributed by atoms with Crippen molar-refractivity contribution >= 4 is 0 Å². The molecule has 3 heteroatoms. The van der Waals surface area contributed by atoms with Crippen LogP contribution in [-0.4, -0.2) is 36.5 Å². The van der Waals surface area contributed by atoms with Gasteiger partial charge in [0.1, 0.15) is 0 Å². The Morgan fingerprint density at radius 3 is 2.91 bits per heavy atom. The lowest BCUT2D eigenvalue weighted by molar-refractivity contribution is -0.0997. The van der Waals surface area contributed by atoms with Gasteiger partial charge in [0.25, 0.3) is 0 Å². The third-order valence-electron chi connectivity index (χ3n) is 1.86. The minimum atomic E-state index is -0.0713. The van der Waals surface area contributed by atoms with E-state index in [1.807, 2.05) is 0 Å². The number of rotatable bonds is 2. The lowest BCUT2D eigenvalue weighted by Crippen LogP contribution is -2.50. The molecule has 0 radical (unpaired) electrons. The van der Waals surface area contributed by atoms with Gasteiger partial charge in [-0.2, -0.15) is 0 Å². The van der Waals surface area contributed by atoms with Crippen molar-refractivity contribution in [3.05, 3.63) is 0 Å². The highest BCUT2D eigenvalue weighted by Crippen LogP contribution is 2.16. The van der Waals surface area contributed by atoms with E-state index in [0.29, 0.717) is 0 Å². The Morgan fingerprint density at radius 1 is 1.64 bits per heavy atom. The molecule has 1 rings (SSSR count). The third kappa shape index (κ3) is 2.77. The molecule has 1 aliphatic heterocycles. The smallest absolute Gasteiger partial charge is 0.0754 e. The molecule has 11 heavy (non-hydrogen) atoms. The Hall–Kier alpha value is -0.120. The lowest BCUT2D eigenvalue weighted by atomic mass is 10.1. The molecule has 0 aromatic heterocycles. The summed E-state index contributed by atoms with van der Waals surface area (Å²) in [6, 6.07) is 0. The first-order chi connectivity index (χ1) is 5.14. The van der Waals surface area contributed by atoms with Gasteiger partial charge >= 0.3 is 0 Å². The van der Waals surface area contributed by atoms with Crippen LogP contribution in [0.1, 0.15) is 20.3 Å². The van der Waals surface area contributed by atoms with Crippen molar-refractivity contribution in [1.29, 1.82) is 0 Å². The average Bonchev–Trinajstić information content (AvgIpc) is 1.85. The van der Waals surface area contributed by atoms with Gasteiger partial charge in [0.15, 0.2) is 0 Å². The van der Waals surface area contributed by atoms with Gasteiger partial charge in [-0.3, -0.25) is 0 Å². The molecule has 0 amide bonds. The molecule has 1 heterocycles. The normalized spacial score (nSPS) is 30.3. The van der Waals surface area contributed by atoms with E-state index in [1.54, 1.807) is 0 Å². The highest BCUT2D eigenvalue weighted by Gasteiger charge is 2.27. The molecular formula is C8H17NO2. The van der Waals surface area contributed by atoms with Gasteiger partial charge in [0.2, 0.25) is 0 Å². The van der Waals surface area contributed by atoms with Gasteiger partial charge in [-0.1, -0.05) is 0 Å². The molecule has 1 atom stereocenters. The number of aliphatic hydroxyl groups is 1. The average molecular weight is 159 g/mol. The van der Waals surface area contributed by atoms with Crippen LogP contribution in [0.25, 0.3) is 0 Å². The summed E-state index contributed by atoms with van der Waals surface area (Å²) in [5.41, 5.74) is -0.0713. The van der Waals surface area contributed by atoms with E-state index in [-0.39, 0.29) is 18.3 Å². The second-order valence-corrected chi connectivity index (χ2v) is 3.64. The molecule has 1 aliphatic rings. The molecule has 1 unspecified atom stereocenters. The Morgan fingerprint density at radius 2 is 2.36 bits per heavy atom. The molecular weight excluding hydrogens is 142 g/mol. The van der Waals surface area contributed by atoms with Crippen molar-refractivity contribution in [1.82, 2.24) is 5.32 Å². The van der Waals surface area contributed by atoms with Crippen molar-refractivity contribution in [2.24, 2.45) is 0 Å². The molecule has 0 aromatic rings. The van der Waals surface area contributed by atoms with Crippen molar-refractivity contribution in [2.75, 3.05) is 19.7 Å². The maximum absolute atomic E-state index is 8.68. The summed E-state index contributed by atoms with van der Waals surface area (Å²) in [5.74, 6) is 0. The predicted octanol–water partition coefficient (Wildman–Crippen LogP) is 0.136. The van der Waals surface area contributed by atoms with Gasteiger partial charge in [0.05, 0.1) is 11.7 Å². The molecule has 0 spiro atoms. The molecule has 1 fully saturated rings. The molecule has 2 N–H and O–H groups in total. The van der Waals surface area contributed by atoms with E-state index in [9.17, 15) is 0 Å². The van der Waals surface area contributed by atoms with Gasteiger partial charge in [-0.15, -0.1) is 0 Å². The van der Waals surface area contributed by atoms with Gasteiger partial charge in [-0.05, 0) is 20.3 Å². The number of morpholine rings is 1. The molecule has 66 valence electrons. The Labute approximate surface area is 67.7 Å². The van der Waals surface area contributed by atoms with E-state index in [0.717, 1.165) is 19.5 Å². The topological polar surface area (TPSA) is 41.5 Å². The summed E-state index contributed by atoms with van der Waals surface area (Å²) in [7, 11) is 0. The van der Waals surface area contributed by atoms with E-state index in [2.05, 4.69) is 19.2 Å². The monoisotopic (exact) mass is 159 g/mol. The number of nitrogens with one attached hydrogen (secondary N) is 1. The minimum Gasteiger partial charge on any atom is -0.396 e. The van der Waals surface area contributed by atoms with Crippen LogP contribution in [0.2, 0.25) is 0 Å². The standard InChI is InChI=1S/C8H17NO2/c1-8(2)6-9-5-7(11-8)3-4-10/h7,9-10H,3-6H2,1-2H3. The highest BCUT2D eigenvalue weighted by molar-refractivity contribution is 4.80. The van der Waals surface area contributed by atoms with Crippen molar-refractivity contribution in [3.63, 3.8) is 0 Å². The lowest BCUT2D eigenvalue weighted by Gasteiger charge is -2.36.